The van der Waals surface area contributed by atoms with E-state index in [0.29, 0.717) is 5.54 Å². The highest BCUT2D eigenvalue weighted by Gasteiger charge is 2.37. The Morgan fingerprint density at radius 3 is 2.67 bits per heavy atom. The average Bonchev–Trinajstić information content (AvgIpc) is 2.82. The van der Waals surface area contributed by atoms with Crippen molar-refractivity contribution in [1.29, 1.82) is 0 Å². The van der Waals surface area contributed by atoms with Crippen molar-refractivity contribution < 1.29 is 0 Å². The van der Waals surface area contributed by atoms with Gasteiger partial charge in [-0.05, 0) is 44.2 Å². The van der Waals surface area contributed by atoms with Crippen molar-refractivity contribution in [2.45, 2.75) is 56.9 Å². The van der Waals surface area contributed by atoms with E-state index in [4.69, 9.17) is 0 Å². The van der Waals surface area contributed by atoms with E-state index < -0.39 is 0 Å². The Kier molecular flexibility index (Phi) is 6.33. The van der Waals surface area contributed by atoms with Crippen LogP contribution in [0.2, 0.25) is 0 Å². The fourth-order valence-corrected chi connectivity index (χ4v) is 4.05. The summed E-state index contributed by atoms with van der Waals surface area (Å²) < 4.78 is 0. The maximum absolute atomic E-state index is 3.80. The molecule has 0 bridgehead atoms. The highest BCUT2D eigenvalue weighted by molar-refractivity contribution is 7.98. The molecule has 2 nitrogen and oxygen atoms in total. The summed E-state index contributed by atoms with van der Waals surface area (Å²) in [6.45, 7) is 5.14. The molecule has 2 rings (SSSR count). The maximum Gasteiger partial charge on any atom is 0.0309 e. The Labute approximate surface area is 117 Å². The molecular formula is C15H30N2S. The predicted molar refractivity (Wildman–Crippen MR) is 82.5 cm³/mol. The highest BCUT2D eigenvalue weighted by atomic mass is 32.2. The summed E-state index contributed by atoms with van der Waals surface area (Å²) in [5.74, 6) is 1.34. The number of nitrogens with zero attached hydrogens (tertiary/aromatic N) is 1. The van der Waals surface area contributed by atoms with Crippen LogP contribution in [0, 0.1) is 0 Å². The molecule has 1 saturated heterocycles. The molecule has 2 aliphatic rings. The molecule has 18 heavy (non-hydrogen) atoms. The minimum atomic E-state index is 0.511. The Morgan fingerprint density at radius 1 is 1.11 bits per heavy atom. The van der Waals surface area contributed by atoms with Gasteiger partial charge < -0.3 is 10.2 Å². The summed E-state index contributed by atoms with van der Waals surface area (Å²) in [5.41, 5.74) is 0.511. The number of piperazine rings is 1. The van der Waals surface area contributed by atoms with Gasteiger partial charge in [0.2, 0.25) is 0 Å². The van der Waals surface area contributed by atoms with Crippen molar-refractivity contribution in [3.05, 3.63) is 0 Å². The van der Waals surface area contributed by atoms with Crippen LogP contribution in [-0.4, -0.2) is 48.6 Å². The number of nitrogens with one attached hydrogen (secondary N) is 1. The van der Waals surface area contributed by atoms with E-state index in [1.165, 1.54) is 83.3 Å². The number of hydrogen-bond acceptors (Lipinski definition) is 3. The molecule has 1 spiro atoms. The lowest BCUT2D eigenvalue weighted by molar-refractivity contribution is 0.133. The Balaban J connectivity index is 1.58. The fourth-order valence-electron chi connectivity index (χ4n) is 3.56. The lowest BCUT2D eigenvalue weighted by Crippen LogP contribution is -2.59. The van der Waals surface area contributed by atoms with Crippen LogP contribution in [0.3, 0.4) is 0 Å². The van der Waals surface area contributed by atoms with Gasteiger partial charge in [0.1, 0.15) is 0 Å². The number of thioether (sulfide) groups is 1. The van der Waals surface area contributed by atoms with Gasteiger partial charge in [0.15, 0.2) is 0 Å². The molecule has 1 aliphatic carbocycles. The van der Waals surface area contributed by atoms with E-state index in [9.17, 15) is 0 Å². The average molecular weight is 270 g/mol. The van der Waals surface area contributed by atoms with Crippen LogP contribution in [0.5, 0.6) is 0 Å². The van der Waals surface area contributed by atoms with Crippen LogP contribution in [0.25, 0.3) is 0 Å². The topological polar surface area (TPSA) is 15.3 Å². The second-order valence-corrected chi connectivity index (χ2v) is 7.08. The van der Waals surface area contributed by atoms with Gasteiger partial charge in [0.05, 0.1) is 0 Å². The van der Waals surface area contributed by atoms with Gasteiger partial charge in [-0.1, -0.05) is 25.7 Å². The molecule has 106 valence electrons. The van der Waals surface area contributed by atoms with Gasteiger partial charge in [0.25, 0.3) is 0 Å². The summed E-state index contributed by atoms with van der Waals surface area (Å²) in [6.07, 6.45) is 13.6. The van der Waals surface area contributed by atoms with Gasteiger partial charge in [-0.2, -0.15) is 11.8 Å². The smallest absolute Gasteiger partial charge is 0.0309 e. The zero-order valence-electron chi connectivity index (χ0n) is 12.0. The van der Waals surface area contributed by atoms with E-state index in [2.05, 4.69) is 16.5 Å². The first kappa shape index (κ1) is 14.7. The molecule has 0 amide bonds. The van der Waals surface area contributed by atoms with Crippen LogP contribution in [-0.2, 0) is 0 Å². The molecule has 0 aromatic carbocycles. The first-order valence-corrected chi connectivity index (χ1v) is 9.20. The molecule has 1 heterocycles. The van der Waals surface area contributed by atoms with E-state index in [0.717, 1.165) is 0 Å². The molecule has 0 aromatic heterocycles. The molecule has 3 heteroatoms. The standard InChI is InChI=1S/C15H30N2S/c1-18-13-7-3-2-6-11-17-12-10-16-15(14-17)8-4-5-9-15/h16H,2-14H2,1H3. The van der Waals surface area contributed by atoms with Crippen molar-refractivity contribution in [3.8, 4) is 0 Å². The lowest BCUT2D eigenvalue weighted by atomic mass is 9.94. The van der Waals surface area contributed by atoms with E-state index >= 15 is 0 Å². The molecule has 0 atom stereocenters. The van der Waals surface area contributed by atoms with Gasteiger partial charge in [-0.3, -0.25) is 0 Å². The van der Waals surface area contributed by atoms with Crippen molar-refractivity contribution in [1.82, 2.24) is 10.2 Å². The third-order valence-electron chi connectivity index (χ3n) is 4.59. The van der Waals surface area contributed by atoms with Crippen molar-refractivity contribution >= 4 is 11.8 Å². The summed E-state index contributed by atoms with van der Waals surface area (Å²) in [4.78, 5) is 2.72. The van der Waals surface area contributed by atoms with Gasteiger partial charge in [-0.15, -0.1) is 0 Å². The second kappa shape index (κ2) is 7.76. The van der Waals surface area contributed by atoms with Gasteiger partial charge in [-0.25, -0.2) is 0 Å². The fraction of sp³-hybridized carbons (Fsp3) is 1.00. The van der Waals surface area contributed by atoms with Gasteiger partial charge in [0, 0.05) is 25.2 Å². The van der Waals surface area contributed by atoms with Crippen LogP contribution in [0.1, 0.15) is 51.4 Å². The minimum Gasteiger partial charge on any atom is -0.309 e. The van der Waals surface area contributed by atoms with Crippen LogP contribution in [0.15, 0.2) is 0 Å². The molecular weight excluding hydrogens is 240 g/mol. The van der Waals surface area contributed by atoms with Crippen molar-refractivity contribution in [2.75, 3.05) is 38.2 Å². The predicted octanol–water partition coefficient (Wildman–Crippen LogP) is 3.13. The first-order valence-electron chi connectivity index (χ1n) is 7.81. The Bertz CT molecular complexity index is 227. The normalized spacial score (nSPS) is 23.8. The summed E-state index contributed by atoms with van der Waals surface area (Å²) in [7, 11) is 0. The minimum absolute atomic E-state index is 0.511. The molecule has 1 N–H and O–H groups in total. The van der Waals surface area contributed by atoms with Crippen LogP contribution in [0.4, 0.5) is 0 Å². The molecule has 0 aromatic rings. The van der Waals surface area contributed by atoms with Crippen molar-refractivity contribution in [2.24, 2.45) is 0 Å². The largest absolute Gasteiger partial charge is 0.309 e. The second-order valence-electron chi connectivity index (χ2n) is 6.10. The number of rotatable bonds is 7. The van der Waals surface area contributed by atoms with E-state index in [-0.39, 0.29) is 0 Å². The maximum atomic E-state index is 3.80. The molecule has 2 fully saturated rings. The highest BCUT2D eigenvalue weighted by Crippen LogP contribution is 2.31. The third-order valence-corrected chi connectivity index (χ3v) is 5.28. The summed E-state index contributed by atoms with van der Waals surface area (Å²) in [5, 5.41) is 3.80. The molecule has 1 aliphatic heterocycles. The molecule has 0 radical (unpaired) electrons. The van der Waals surface area contributed by atoms with Crippen LogP contribution < -0.4 is 5.32 Å². The number of unbranched alkanes of at least 4 members (excludes halogenated alkanes) is 3. The lowest BCUT2D eigenvalue weighted by Gasteiger charge is -2.41. The van der Waals surface area contributed by atoms with Crippen molar-refractivity contribution in [3.63, 3.8) is 0 Å². The van der Waals surface area contributed by atoms with Gasteiger partial charge >= 0.3 is 0 Å². The monoisotopic (exact) mass is 270 g/mol. The zero-order valence-corrected chi connectivity index (χ0v) is 12.9. The third kappa shape index (κ3) is 4.43. The molecule has 1 saturated carbocycles. The van der Waals surface area contributed by atoms with E-state index in [1.807, 2.05) is 11.8 Å². The SMILES string of the molecule is CSCCCCCCN1CCNC2(CCCC2)C1. The summed E-state index contributed by atoms with van der Waals surface area (Å²) in [6, 6.07) is 0. The van der Waals surface area contributed by atoms with Crippen LogP contribution >= 0.6 is 11.8 Å². The Morgan fingerprint density at radius 2 is 1.89 bits per heavy atom. The Hall–Kier alpha value is 0.270. The summed E-state index contributed by atoms with van der Waals surface area (Å²) >= 11 is 1.98. The number of hydrogen-bond donors (Lipinski definition) is 1. The quantitative estimate of drug-likeness (QED) is 0.716. The zero-order chi connectivity index (χ0) is 12.7. The first-order chi connectivity index (χ1) is 8.85. The van der Waals surface area contributed by atoms with E-state index in [1.54, 1.807) is 0 Å². The molecule has 0 unspecified atom stereocenters.